The highest BCUT2D eigenvalue weighted by Crippen LogP contribution is 2.32. The number of rotatable bonds is 1. The van der Waals surface area contributed by atoms with Gasteiger partial charge in [0.2, 0.25) is 0 Å². The molecule has 0 bridgehead atoms. The van der Waals surface area contributed by atoms with Gasteiger partial charge in [-0.15, -0.1) is 0 Å². The Balaban J connectivity index is 1.79. The Morgan fingerprint density at radius 2 is 1.91 bits per heavy atom. The molecule has 0 radical (unpaired) electrons. The summed E-state index contributed by atoms with van der Waals surface area (Å²) in [7, 11) is 2.04. The molecule has 0 atom stereocenters. The quantitative estimate of drug-likeness (QED) is 0.747. The predicted molar refractivity (Wildman–Crippen MR) is 86.3 cm³/mol. The van der Waals surface area contributed by atoms with Crippen molar-refractivity contribution in [2.24, 2.45) is 7.05 Å². The predicted octanol–water partition coefficient (Wildman–Crippen LogP) is 3.35. The van der Waals surface area contributed by atoms with Crippen molar-refractivity contribution in [3.05, 3.63) is 59.3 Å². The molecule has 22 heavy (non-hydrogen) atoms. The van der Waals surface area contributed by atoms with Crippen LogP contribution in [0.25, 0.3) is 10.9 Å². The third kappa shape index (κ3) is 1.73. The first kappa shape index (κ1) is 13.0. The summed E-state index contributed by atoms with van der Waals surface area (Å²) < 4.78 is 2.14. The van der Waals surface area contributed by atoms with Gasteiger partial charge in [0.1, 0.15) is 5.75 Å². The lowest BCUT2D eigenvalue weighted by Crippen LogP contribution is -2.22. The number of aryl methyl sites for hydroxylation is 2. The van der Waals surface area contributed by atoms with Crippen LogP contribution in [0.1, 0.15) is 21.6 Å². The Kier molecular flexibility index (Phi) is 2.57. The second-order valence-electron chi connectivity index (χ2n) is 5.82. The number of carbonyl (C=O) groups is 1. The van der Waals surface area contributed by atoms with E-state index in [1.807, 2.05) is 31.3 Å². The van der Waals surface area contributed by atoms with E-state index in [1.54, 1.807) is 17.0 Å². The number of aromatic hydroxyl groups is 1. The third-order valence-electron chi connectivity index (χ3n) is 4.48. The van der Waals surface area contributed by atoms with Gasteiger partial charge in [-0.2, -0.15) is 0 Å². The van der Waals surface area contributed by atoms with Crippen LogP contribution in [-0.2, 0) is 13.6 Å². The van der Waals surface area contributed by atoms with Crippen LogP contribution in [0.3, 0.4) is 0 Å². The van der Waals surface area contributed by atoms with Gasteiger partial charge in [0.15, 0.2) is 0 Å². The van der Waals surface area contributed by atoms with Gasteiger partial charge in [0.25, 0.3) is 5.91 Å². The molecular formula is C18H16N2O2. The smallest absolute Gasteiger partial charge is 0.259 e. The standard InChI is InChI=1S/C18H16N2O2/c1-11-7-13-8-14(4-6-17(13)19(11)2)20-10-12-3-5-15(21)9-16(12)18(20)22/h3-9,21H,10H2,1-2H3. The monoisotopic (exact) mass is 292 g/mol. The molecule has 4 nitrogen and oxygen atoms in total. The summed E-state index contributed by atoms with van der Waals surface area (Å²) in [4.78, 5) is 14.3. The molecule has 1 aliphatic rings. The van der Waals surface area contributed by atoms with Gasteiger partial charge in [0.05, 0.1) is 6.54 Å². The molecule has 0 spiro atoms. The van der Waals surface area contributed by atoms with Gasteiger partial charge in [-0.05, 0) is 48.9 Å². The summed E-state index contributed by atoms with van der Waals surface area (Å²) in [5.41, 5.74) is 4.77. The number of phenolic OH excluding ortho intramolecular Hbond substituents is 1. The molecule has 4 rings (SSSR count). The van der Waals surface area contributed by atoms with Crippen molar-refractivity contribution in [3.8, 4) is 5.75 Å². The minimum Gasteiger partial charge on any atom is -0.508 e. The Morgan fingerprint density at radius 1 is 1.09 bits per heavy atom. The number of carbonyl (C=O) groups excluding carboxylic acids is 1. The molecule has 1 aromatic heterocycles. The number of phenols is 1. The van der Waals surface area contributed by atoms with Crippen molar-refractivity contribution in [2.75, 3.05) is 4.90 Å². The van der Waals surface area contributed by atoms with E-state index in [0.29, 0.717) is 12.1 Å². The zero-order chi connectivity index (χ0) is 15.4. The molecule has 0 saturated carbocycles. The largest absolute Gasteiger partial charge is 0.508 e. The maximum absolute atomic E-state index is 12.6. The maximum atomic E-state index is 12.6. The van der Waals surface area contributed by atoms with Crippen LogP contribution in [0.5, 0.6) is 5.75 Å². The molecule has 110 valence electrons. The normalized spacial score (nSPS) is 13.9. The van der Waals surface area contributed by atoms with Crippen LogP contribution in [0, 0.1) is 6.92 Å². The van der Waals surface area contributed by atoms with Crippen molar-refractivity contribution in [1.82, 2.24) is 4.57 Å². The Bertz CT molecular complexity index is 924. The molecule has 0 saturated heterocycles. The van der Waals surface area contributed by atoms with E-state index in [9.17, 15) is 9.90 Å². The molecule has 0 unspecified atom stereocenters. The fourth-order valence-corrected chi connectivity index (χ4v) is 3.14. The van der Waals surface area contributed by atoms with Crippen molar-refractivity contribution in [2.45, 2.75) is 13.5 Å². The fraction of sp³-hybridized carbons (Fsp3) is 0.167. The zero-order valence-electron chi connectivity index (χ0n) is 12.5. The van der Waals surface area contributed by atoms with E-state index in [0.717, 1.165) is 22.2 Å². The van der Waals surface area contributed by atoms with Crippen molar-refractivity contribution in [1.29, 1.82) is 0 Å². The number of hydrogen-bond acceptors (Lipinski definition) is 2. The lowest BCUT2D eigenvalue weighted by atomic mass is 10.1. The molecule has 1 N–H and O–H groups in total. The Hall–Kier alpha value is -2.75. The summed E-state index contributed by atoms with van der Waals surface area (Å²) >= 11 is 0. The topological polar surface area (TPSA) is 45.5 Å². The number of aromatic nitrogens is 1. The number of anilines is 1. The first-order valence-corrected chi connectivity index (χ1v) is 7.24. The molecule has 3 aromatic rings. The summed E-state index contributed by atoms with van der Waals surface area (Å²) in [6.45, 7) is 2.62. The SMILES string of the molecule is Cc1cc2cc(N3Cc4ccc(O)cc4C3=O)ccc2n1C. The Morgan fingerprint density at radius 3 is 2.73 bits per heavy atom. The lowest BCUT2D eigenvalue weighted by Gasteiger charge is -2.16. The summed E-state index contributed by atoms with van der Waals surface area (Å²) in [6.07, 6.45) is 0. The molecule has 1 amide bonds. The Labute approximate surface area is 128 Å². The second kappa shape index (κ2) is 4.37. The van der Waals surface area contributed by atoms with E-state index in [-0.39, 0.29) is 11.7 Å². The van der Waals surface area contributed by atoms with Crippen LogP contribution >= 0.6 is 0 Å². The number of amides is 1. The minimum absolute atomic E-state index is 0.0575. The second-order valence-corrected chi connectivity index (χ2v) is 5.82. The third-order valence-corrected chi connectivity index (χ3v) is 4.48. The molecule has 0 fully saturated rings. The lowest BCUT2D eigenvalue weighted by molar-refractivity contribution is 0.0996. The zero-order valence-corrected chi connectivity index (χ0v) is 12.5. The summed E-state index contributed by atoms with van der Waals surface area (Å²) in [6, 6.07) is 13.2. The summed E-state index contributed by atoms with van der Waals surface area (Å²) in [5, 5.41) is 10.7. The average molecular weight is 292 g/mol. The van der Waals surface area contributed by atoms with E-state index in [4.69, 9.17) is 0 Å². The van der Waals surface area contributed by atoms with Crippen LogP contribution in [0.4, 0.5) is 5.69 Å². The molecular weight excluding hydrogens is 276 g/mol. The first-order valence-electron chi connectivity index (χ1n) is 7.24. The van der Waals surface area contributed by atoms with Gasteiger partial charge >= 0.3 is 0 Å². The highest BCUT2D eigenvalue weighted by Gasteiger charge is 2.28. The van der Waals surface area contributed by atoms with Crippen LogP contribution in [-0.4, -0.2) is 15.6 Å². The number of hydrogen-bond donors (Lipinski definition) is 1. The molecule has 1 aliphatic heterocycles. The van der Waals surface area contributed by atoms with Crippen LogP contribution < -0.4 is 4.90 Å². The van der Waals surface area contributed by atoms with Gasteiger partial charge < -0.3 is 14.6 Å². The summed E-state index contributed by atoms with van der Waals surface area (Å²) in [5.74, 6) is 0.0704. The van der Waals surface area contributed by atoms with Gasteiger partial charge in [-0.3, -0.25) is 4.79 Å². The van der Waals surface area contributed by atoms with E-state index in [1.165, 1.54) is 5.69 Å². The number of benzene rings is 2. The molecule has 2 heterocycles. The highest BCUT2D eigenvalue weighted by molar-refractivity contribution is 6.10. The molecule has 2 aromatic carbocycles. The first-order chi connectivity index (χ1) is 10.5. The maximum Gasteiger partial charge on any atom is 0.259 e. The average Bonchev–Trinajstić information content (AvgIpc) is 2.97. The van der Waals surface area contributed by atoms with E-state index < -0.39 is 0 Å². The van der Waals surface area contributed by atoms with Crippen molar-refractivity contribution >= 4 is 22.5 Å². The van der Waals surface area contributed by atoms with Crippen LogP contribution in [0.15, 0.2) is 42.5 Å². The molecule has 0 aliphatic carbocycles. The van der Waals surface area contributed by atoms with Crippen molar-refractivity contribution in [3.63, 3.8) is 0 Å². The van der Waals surface area contributed by atoms with E-state index >= 15 is 0 Å². The minimum atomic E-state index is -0.0575. The highest BCUT2D eigenvalue weighted by atomic mass is 16.3. The van der Waals surface area contributed by atoms with Gasteiger partial charge in [-0.25, -0.2) is 0 Å². The van der Waals surface area contributed by atoms with Crippen LogP contribution in [0.2, 0.25) is 0 Å². The molecule has 4 heteroatoms. The van der Waals surface area contributed by atoms with Gasteiger partial charge in [-0.1, -0.05) is 6.07 Å². The van der Waals surface area contributed by atoms with Gasteiger partial charge in [0, 0.05) is 34.9 Å². The van der Waals surface area contributed by atoms with E-state index in [2.05, 4.69) is 17.6 Å². The van der Waals surface area contributed by atoms with Crippen molar-refractivity contribution < 1.29 is 9.90 Å². The number of fused-ring (bicyclic) bond motifs is 2. The number of nitrogens with zero attached hydrogens (tertiary/aromatic N) is 2. The fourth-order valence-electron chi connectivity index (χ4n) is 3.14.